The van der Waals surface area contributed by atoms with Gasteiger partial charge in [-0.1, -0.05) is 0 Å². The second-order valence-corrected chi connectivity index (χ2v) is 4.85. The molecule has 1 amide bonds. The molecule has 1 aromatic carbocycles. The fourth-order valence-electron chi connectivity index (χ4n) is 2.05. The van der Waals surface area contributed by atoms with Gasteiger partial charge in [0.2, 0.25) is 5.91 Å². The van der Waals surface area contributed by atoms with Crippen LogP contribution in [0.1, 0.15) is 0 Å². The summed E-state index contributed by atoms with van der Waals surface area (Å²) in [4.78, 5) is 34.1. The van der Waals surface area contributed by atoms with Gasteiger partial charge in [-0.25, -0.2) is 0 Å². The number of benzene rings is 1. The smallest absolute Gasteiger partial charge is 0.293 e. The van der Waals surface area contributed by atoms with Crippen LogP contribution in [0.4, 0.5) is 5.69 Å². The first-order valence-corrected chi connectivity index (χ1v) is 6.44. The highest BCUT2D eigenvalue weighted by molar-refractivity contribution is 6.50. The Kier molecular flexibility index (Phi) is 4.18. The number of fused-ring (bicyclic) bond motifs is 1. The summed E-state index contributed by atoms with van der Waals surface area (Å²) in [5.74, 6) is -1.13. The molecule has 0 fully saturated rings. The van der Waals surface area contributed by atoms with Crippen molar-refractivity contribution in [2.24, 2.45) is 7.05 Å². The summed E-state index contributed by atoms with van der Waals surface area (Å²) in [5, 5.41) is 11.2. The minimum Gasteiger partial charge on any atom is -0.492 e. The number of nitrogens with one attached hydrogen (secondary N) is 1. The third-order valence-corrected chi connectivity index (χ3v) is 3.25. The van der Waals surface area contributed by atoms with E-state index in [1.165, 1.54) is 42.9 Å². The minimum atomic E-state index is -2.25. The van der Waals surface area contributed by atoms with E-state index in [2.05, 4.69) is 5.32 Å². The number of hydrogen-bond donors (Lipinski definition) is 1. The molecule has 1 aromatic heterocycles. The number of aromatic nitrogens is 1. The quantitative estimate of drug-likeness (QED) is 0.468. The lowest BCUT2D eigenvalue weighted by Crippen LogP contribution is -2.52. The van der Waals surface area contributed by atoms with Crippen molar-refractivity contribution < 1.29 is 14.5 Å². The molecule has 23 heavy (non-hydrogen) atoms. The number of aryl methyl sites for hydroxylation is 1. The van der Waals surface area contributed by atoms with E-state index < -0.39 is 21.8 Å². The van der Waals surface area contributed by atoms with Crippen LogP contribution in [0.2, 0.25) is 0 Å². The van der Waals surface area contributed by atoms with Crippen molar-refractivity contribution in [3.63, 3.8) is 0 Å². The summed E-state index contributed by atoms with van der Waals surface area (Å²) in [6.45, 7) is 0. The first-order chi connectivity index (χ1) is 10.7. The second-order valence-electron chi connectivity index (χ2n) is 4.85. The second kappa shape index (κ2) is 5.79. The molecule has 0 bridgehead atoms. The number of nitro groups is 1. The molecule has 114 valence electrons. The third-order valence-electron chi connectivity index (χ3n) is 3.25. The SMILES string of the molecule is [B]C([B])(Oc1cc2cc([N+](=O)[O-])ccc2n(C)c1=O)C(=O)NC. The van der Waals surface area contributed by atoms with Crippen LogP contribution >= 0.6 is 0 Å². The first kappa shape index (κ1) is 16.6. The molecule has 0 spiro atoms. The first-order valence-electron chi connectivity index (χ1n) is 6.44. The van der Waals surface area contributed by atoms with Gasteiger partial charge in [0, 0.05) is 31.6 Å². The molecule has 1 N–H and O–H groups in total. The van der Waals surface area contributed by atoms with E-state index in [1.54, 1.807) is 0 Å². The standard InChI is InChI=1S/C13H11B2N3O5/c1-16-12(20)13(14,15)23-10-6-7-5-8(18(21)22)3-4-9(7)17(2)11(10)19/h3-6H,1-2H3,(H,16,20). The summed E-state index contributed by atoms with van der Waals surface area (Å²) < 4.78 is 6.33. The van der Waals surface area contributed by atoms with Crippen LogP contribution in [0.25, 0.3) is 10.9 Å². The van der Waals surface area contributed by atoms with Crippen LogP contribution in [-0.4, -0.2) is 43.5 Å². The monoisotopic (exact) mass is 311 g/mol. The molecule has 2 rings (SSSR count). The van der Waals surface area contributed by atoms with Gasteiger partial charge in [0.1, 0.15) is 21.1 Å². The number of rotatable bonds is 4. The maximum atomic E-state index is 12.3. The Bertz CT molecular complexity index is 863. The van der Waals surface area contributed by atoms with Crippen LogP contribution in [0.3, 0.4) is 0 Å². The molecule has 1 heterocycles. The third kappa shape index (κ3) is 3.05. The summed E-state index contributed by atoms with van der Waals surface area (Å²) >= 11 is 0. The molecule has 0 aliphatic heterocycles. The van der Waals surface area contributed by atoms with Gasteiger partial charge >= 0.3 is 0 Å². The Morgan fingerprint density at radius 3 is 2.61 bits per heavy atom. The highest BCUT2D eigenvalue weighted by Crippen LogP contribution is 2.23. The Morgan fingerprint density at radius 1 is 1.39 bits per heavy atom. The fourth-order valence-corrected chi connectivity index (χ4v) is 2.05. The van der Waals surface area contributed by atoms with E-state index in [4.69, 9.17) is 20.4 Å². The normalized spacial score (nSPS) is 11.2. The number of amides is 1. The highest BCUT2D eigenvalue weighted by Gasteiger charge is 2.29. The van der Waals surface area contributed by atoms with E-state index in [1.807, 2.05) is 0 Å². The van der Waals surface area contributed by atoms with E-state index in [-0.39, 0.29) is 11.4 Å². The van der Waals surface area contributed by atoms with Crippen LogP contribution in [-0.2, 0) is 11.8 Å². The molecule has 2 aromatic rings. The maximum absolute atomic E-state index is 12.3. The van der Waals surface area contributed by atoms with E-state index in [9.17, 15) is 19.7 Å². The molecule has 0 unspecified atom stereocenters. The summed E-state index contributed by atoms with van der Waals surface area (Å²) in [6.07, 6.45) is 0. The number of nitrogens with zero attached hydrogens (tertiary/aromatic N) is 2. The van der Waals surface area contributed by atoms with E-state index in [0.29, 0.717) is 10.9 Å². The molecule has 0 saturated carbocycles. The molecule has 8 nitrogen and oxygen atoms in total. The van der Waals surface area contributed by atoms with Crippen LogP contribution in [0.5, 0.6) is 5.75 Å². The molecule has 10 heteroatoms. The predicted octanol–water partition coefficient (Wildman–Crippen LogP) is -0.438. The van der Waals surface area contributed by atoms with Crippen molar-refractivity contribution >= 4 is 38.2 Å². The average molecular weight is 311 g/mol. The molecular weight excluding hydrogens is 300 g/mol. The van der Waals surface area contributed by atoms with Gasteiger partial charge in [0.15, 0.2) is 5.75 Å². The lowest BCUT2D eigenvalue weighted by atomic mass is 9.64. The van der Waals surface area contributed by atoms with Gasteiger partial charge in [0.05, 0.1) is 10.4 Å². The topological polar surface area (TPSA) is 103 Å². The van der Waals surface area contributed by atoms with Crippen molar-refractivity contribution in [1.82, 2.24) is 9.88 Å². The number of nitro benzene ring substituents is 1. The highest BCUT2D eigenvalue weighted by atomic mass is 16.6. The Hall–Kier alpha value is -2.77. The van der Waals surface area contributed by atoms with Gasteiger partial charge in [-0.05, 0) is 12.1 Å². The number of pyridine rings is 1. The van der Waals surface area contributed by atoms with Gasteiger partial charge in [-0.2, -0.15) is 0 Å². The zero-order valence-corrected chi connectivity index (χ0v) is 12.4. The molecule has 4 radical (unpaired) electrons. The van der Waals surface area contributed by atoms with Crippen molar-refractivity contribution in [3.8, 4) is 5.75 Å². The minimum absolute atomic E-state index is 0.153. The van der Waals surface area contributed by atoms with Gasteiger partial charge in [-0.15, -0.1) is 0 Å². The predicted molar refractivity (Wildman–Crippen MR) is 84.8 cm³/mol. The molecule has 0 atom stereocenters. The number of carbonyl (C=O) groups is 1. The maximum Gasteiger partial charge on any atom is 0.293 e. The van der Waals surface area contributed by atoms with Gasteiger partial charge in [0.25, 0.3) is 11.2 Å². The number of non-ortho nitro benzene ring substituents is 1. The summed E-state index contributed by atoms with van der Waals surface area (Å²) in [7, 11) is 13.8. The van der Waals surface area contributed by atoms with E-state index >= 15 is 0 Å². The van der Waals surface area contributed by atoms with Crippen LogP contribution < -0.4 is 15.6 Å². The number of ether oxygens (including phenoxy) is 1. The zero-order valence-electron chi connectivity index (χ0n) is 12.4. The van der Waals surface area contributed by atoms with Gasteiger partial charge in [-0.3, -0.25) is 19.7 Å². The molecule has 0 aliphatic carbocycles. The molecular formula is C13H11B2N3O5. The van der Waals surface area contributed by atoms with Crippen molar-refractivity contribution in [2.75, 3.05) is 7.05 Å². The van der Waals surface area contributed by atoms with Crippen molar-refractivity contribution in [3.05, 3.63) is 44.7 Å². The molecule has 0 aliphatic rings. The Balaban J connectivity index is 2.61. The largest absolute Gasteiger partial charge is 0.492 e. The van der Waals surface area contributed by atoms with Crippen molar-refractivity contribution in [2.45, 2.75) is 5.40 Å². The molecule has 0 saturated heterocycles. The Morgan fingerprint density at radius 2 is 2.04 bits per heavy atom. The number of carbonyl (C=O) groups excluding carboxylic acids is 1. The van der Waals surface area contributed by atoms with Crippen LogP contribution in [0, 0.1) is 10.1 Å². The van der Waals surface area contributed by atoms with Crippen molar-refractivity contribution in [1.29, 1.82) is 0 Å². The van der Waals surface area contributed by atoms with Gasteiger partial charge < -0.3 is 14.6 Å². The lowest BCUT2D eigenvalue weighted by molar-refractivity contribution is -0.384. The van der Waals surface area contributed by atoms with Crippen LogP contribution in [0.15, 0.2) is 29.1 Å². The number of hydrogen-bond acceptors (Lipinski definition) is 5. The lowest BCUT2D eigenvalue weighted by Gasteiger charge is -2.25. The number of likely N-dealkylation sites (N-methyl/N-ethyl adjacent to an activating group) is 1. The average Bonchev–Trinajstić information content (AvgIpc) is 2.50. The Labute approximate surface area is 133 Å². The fraction of sp³-hybridized carbons (Fsp3) is 0.231. The summed E-state index contributed by atoms with van der Waals surface area (Å²) in [6, 6.07) is 5.25. The zero-order chi connectivity index (χ0) is 17.4. The summed E-state index contributed by atoms with van der Waals surface area (Å²) in [5.41, 5.74) is -0.289. The van der Waals surface area contributed by atoms with E-state index in [0.717, 1.165) is 0 Å².